The molecule has 1 heterocycles. The number of nitrogens with one attached hydrogen (secondary N) is 1. The second kappa shape index (κ2) is 7.97. The van der Waals surface area contributed by atoms with E-state index in [0.717, 1.165) is 9.13 Å². The lowest BCUT2D eigenvalue weighted by molar-refractivity contribution is -0.274. The van der Waals surface area contributed by atoms with E-state index < -0.39 is 12.5 Å². The molecule has 0 fully saturated rings. The molecule has 0 aliphatic carbocycles. The van der Waals surface area contributed by atoms with Crippen LogP contribution in [0.25, 0.3) is 0 Å². The van der Waals surface area contributed by atoms with Crippen molar-refractivity contribution in [3.05, 3.63) is 45.4 Å². The molecule has 0 aliphatic rings. The molecule has 1 atom stereocenters. The maximum absolute atomic E-state index is 12.1. The zero-order valence-corrected chi connectivity index (χ0v) is 14.8. The second-order valence-corrected chi connectivity index (χ2v) is 6.04. The van der Waals surface area contributed by atoms with Crippen molar-refractivity contribution in [1.82, 2.24) is 9.97 Å². The van der Waals surface area contributed by atoms with Gasteiger partial charge in [0, 0.05) is 6.54 Å². The van der Waals surface area contributed by atoms with Gasteiger partial charge in [0.05, 0.1) is 15.4 Å². The smallest absolute Gasteiger partial charge is 0.406 e. The fourth-order valence-corrected chi connectivity index (χ4v) is 2.90. The lowest BCUT2D eigenvalue weighted by Crippen LogP contribution is -2.17. The average molecular weight is 453 g/mol. The number of hydrogen-bond acceptors (Lipinski definition) is 5. The van der Waals surface area contributed by atoms with E-state index >= 15 is 0 Å². The Hall–Kier alpha value is -1.62. The van der Waals surface area contributed by atoms with E-state index in [0.29, 0.717) is 24.5 Å². The summed E-state index contributed by atoms with van der Waals surface area (Å²) < 4.78 is 40.8. The molecule has 1 unspecified atom stereocenters. The van der Waals surface area contributed by atoms with Crippen LogP contribution in [0.5, 0.6) is 5.75 Å². The summed E-state index contributed by atoms with van der Waals surface area (Å²) >= 11 is 2.06. The summed E-state index contributed by atoms with van der Waals surface area (Å²) in [5.41, 5.74) is 1.40. The number of benzene rings is 1. The number of aliphatic hydroxyl groups excluding tert-OH is 1. The third kappa shape index (κ3) is 5.48. The summed E-state index contributed by atoms with van der Waals surface area (Å²) in [6, 6.07) is 5.72. The Morgan fingerprint density at radius 1 is 1.25 bits per heavy atom. The van der Waals surface area contributed by atoms with Gasteiger partial charge in [-0.15, -0.1) is 13.2 Å². The highest BCUT2D eigenvalue weighted by Gasteiger charge is 2.30. The van der Waals surface area contributed by atoms with Crippen LogP contribution in [-0.4, -0.2) is 28.0 Å². The molecule has 0 amide bonds. The highest BCUT2D eigenvalue weighted by Crippen LogP contribution is 2.24. The van der Waals surface area contributed by atoms with E-state index in [1.54, 1.807) is 19.1 Å². The van der Waals surface area contributed by atoms with E-state index in [-0.39, 0.29) is 5.75 Å². The fraction of sp³-hybridized carbons (Fsp3) is 0.333. The van der Waals surface area contributed by atoms with E-state index in [4.69, 9.17) is 0 Å². The zero-order valence-electron chi connectivity index (χ0n) is 12.6. The molecular formula is C15H15F3IN3O2. The molecule has 0 saturated carbocycles. The first-order valence-corrected chi connectivity index (χ1v) is 8.11. The van der Waals surface area contributed by atoms with Crippen molar-refractivity contribution in [2.75, 3.05) is 11.9 Å². The van der Waals surface area contributed by atoms with Crippen LogP contribution in [0.3, 0.4) is 0 Å². The van der Waals surface area contributed by atoms with E-state index in [1.807, 2.05) is 0 Å². The topological polar surface area (TPSA) is 67.3 Å². The molecular weight excluding hydrogens is 438 g/mol. The highest BCUT2D eigenvalue weighted by atomic mass is 127. The highest BCUT2D eigenvalue weighted by molar-refractivity contribution is 14.1. The number of rotatable bonds is 6. The van der Waals surface area contributed by atoms with Crippen molar-refractivity contribution in [2.45, 2.75) is 25.8 Å². The van der Waals surface area contributed by atoms with E-state index in [1.165, 1.54) is 18.5 Å². The maximum Gasteiger partial charge on any atom is 0.573 e. The molecule has 1 aromatic heterocycles. The predicted octanol–water partition coefficient (Wildman–Crippen LogP) is 3.69. The Bertz CT molecular complexity index is 679. The van der Waals surface area contributed by atoms with Gasteiger partial charge in [0.1, 0.15) is 17.9 Å². The Morgan fingerprint density at radius 3 is 2.50 bits per heavy atom. The molecule has 130 valence electrons. The van der Waals surface area contributed by atoms with Crippen LogP contribution in [0.4, 0.5) is 19.0 Å². The molecule has 0 bridgehead atoms. The number of aliphatic hydroxyl groups is 1. The molecule has 2 aromatic rings. The van der Waals surface area contributed by atoms with Crippen LogP contribution in [0.2, 0.25) is 0 Å². The average Bonchev–Trinajstić information content (AvgIpc) is 2.49. The van der Waals surface area contributed by atoms with Crippen molar-refractivity contribution in [2.24, 2.45) is 0 Å². The quantitative estimate of drug-likeness (QED) is 0.654. The molecule has 2 N–H and O–H groups in total. The van der Waals surface area contributed by atoms with Crippen LogP contribution in [0.15, 0.2) is 30.6 Å². The standard InChI is InChI=1S/C15H15F3IN3O2/c1-9(23)13-12(19)14(22-8-21-13)20-7-6-10-2-4-11(5-3-10)24-15(16,17)18/h2-5,8-9,23H,6-7H2,1H3,(H,20,21,22). The van der Waals surface area contributed by atoms with Gasteiger partial charge in [0.15, 0.2) is 0 Å². The number of hydrogen-bond donors (Lipinski definition) is 2. The number of nitrogens with zero attached hydrogens (tertiary/aromatic N) is 2. The number of anilines is 1. The minimum atomic E-state index is -4.69. The Labute approximate surface area is 150 Å². The first kappa shape index (κ1) is 18.7. The van der Waals surface area contributed by atoms with Crippen LogP contribution in [0, 0.1) is 3.57 Å². The van der Waals surface area contributed by atoms with Crippen LogP contribution in [0.1, 0.15) is 24.3 Å². The van der Waals surface area contributed by atoms with Crippen molar-refractivity contribution < 1.29 is 23.0 Å². The van der Waals surface area contributed by atoms with Gasteiger partial charge in [-0.05, 0) is 53.6 Å². The van der Waals surface area contributed by atoms with Crippen molar-refractivity contribution in [3.8, 4) is 5.75 Å². The van der Waals surface area contributed by atoms with Gasteiger partial charge in [0.25, 0.3) is 0 Å². The summed E-state index contributed by atoms with van der Waals surface area (Å²) in [4.78, 5) is 8.15. The summed E-state index contributed by atoms with van der Waals surface area (Å²) in [5.74, 6) is 0.365. The lowest BCUT2D eigenvalue weighted by Gasteiger charge is -2.12. The Balaban J connectivity index is 1.92. The molecule has 0 spiro atoms. The minimum Gasteiger partial charge on any atom is -0.406 e. The molecule has 2 rings (SSSR count). The first-order valence-electron chi connectivity index (χ1n) is 7.03. The molecule has 9 heteroatoms. The van der Waals surface area contributed by atoms with Gasteiger partial charge in [-0.3, -0.25) is 0 Å². The zero-order chi connectivity index (χ0) is 17.7. The van der Waals surface area contributed by atoms with Crippen molar-refractivity contribution in [3.63, 3.8) is 0 Å². The van der Waals surface area contributed by atoms with Gasteiger partial charge in [-0.2, -0.15) is 0 Å². The van der Waals surface area contributed by atoms with Gasteiger partial charge < -0.3 is 15.2 Å². The minimum absolute atomic E-state index is 0.244. The summed E-state index contributed by atoms with van der Waals surface area (Å²) in [6.07, 6.45) is -3.41. The summed E-state index contributed by atoms with van der Waals surface area (Å²) in [7, 11) is 0. The lowest BCUT2D eigenvalue weighted by atomic mass is 10.1. The first-order chi connectivity index (χ1) is 11.3. The third-order valence-corrected chi connectivity index (χ3v) is 4.14. The number of halogens is 4. The maximum atomic E-state index is 12.1. The monoisotopic (exact) mass is 453 g/mol. The van der Waals surface area contributed by atoms with Gasteiger partial charge in [0.2, 0.25) is 0 Å². The predicted molar refractivity (Wildman–Crippen MR) is 90.7 cm³/mol. The molecule has 1 aromatic carbocycles. The summed E-state index contributed by atoms with van der Waals surface area (Å²) in [6.45, 7) is 2.16. The normalized spacial score (nSPS) is 12.8. The fourth-order valence-electron chi connectivity index (χ4n) is 1.98. The second-order valence-electron chi connectivity index (χ2n) is 4.97. The Kier molecular flexibility index (Phi) is 6.21. The molecule has 0 saturated heterocycles. The van der Waals surface area contributed by atoms with Gasteiger partial charge >= 0.3 is 6.36 Å². The van der Waals surface area contributed by atoms with Crippen LogP contribution < -0.4 is 10.1 Å². The molecule has 5 nitrogen and oxygen atoms in total. The molecule has 0 aliphatic heterocycles. The van der Waals surface area contributed by atoms with Crippen LogP contribution >= 0.6 is 22.6 Å². The molecule has 24 heavy (non-hydrogen) atoms. The largest absolute Gasteiger partial charge is 0.573 e. The van der Waals surface area contributed by atoms with Crippen molar-refractivity contribution >= 4 is 28.4 Å². The third-order valence-electron chi connectivity index (χ3n) is 3.08. The Morgan fingerprint density at radius 2 is 1.92 bits per heavy atom. The molecule has 0 radical (unpaired) electrons. The van der Waals surface area contributed by atoms with E-state index in [9.17, 15) is 18.3 Å². The van der Waals surface area contributed by atoms with Gasteiger partial charge in [-0.1, -0.05) is 12.1 Å². The van der Waals surface area contributed by atoms with Crippen LogP contribution in [-0.2, 0) is 6.42 Å². The summed E-state index contributed by atoms with van der Waals surface area (Å²) in [5, 5.41) is 12.8. The van der Waals surface area contributed by atoms with Gasteiger partial charge in [-0.25, -0.2) is 9.97 Å². The number of aromatic nitrogens is 2. The number of ether oxygens (including phenoxy) is 1. The van der Waals surface area contributed by atoms with Crippen molar-refractivity contribution in [1.29, 1.82) is 0 Å². The number of alkyl halides is 3. The van der Waals surface area contributed by atoms with E-state index in [2.05, 4.69) is 42.6 Å². The SMILES string of the molecule is CC(O)c1ncnc(NCCc2ccc(OC(F)(F)F)cc2)c1I.